The SMILES string of the molecule is Cc1ccc(-c2ccc(N(c3ccccc3)c3ccc(-c4ccc(N(c5ccccc5)c5ccc(-c6ccc(C)s6)cc5)cc4)cc3)cc2)s1. The van der Waals surface area contributed by atoms with Crippen LogP contribution in [-0.4, -0.2) is 0 Å². The minimum Gasteiger partial charge on any atom is -0.311 e. The summed E-state index contributed by atoms with van der Waals surface area (Å²) in [7, 11) is 0. The van der Waals surface area contributed by atoms with Crippen molar-refractivity contribution in [2.45, 2.75) is 13.8 Å². The van der Waals surface area contributed by atoms with Crippen LogP contribution in [0.3, 0.4) is 0 Å². The first kappa shape index (κ1) is 31.6. The maximum atomic E-state index is 2.32. The molecule has 2 heterocycles. The maximum absolute atomic E-state index is 2.32. The van der Waals surface area contributed by atoms with Crippen LogP contribution in [0, 0.1) is 13.8 Å². The maximum Gasteiger partial charge on any atom is 0.0462 e. The fourth-order valence-electron chi connectivity index (χ4n) is 6.38. The lowest BCUT2D eigenvalue weighted by Gasteiger charge is -2.26. The summed E-state index contributed by atoms with van der Waals surface area (Å²) in [6.45, 7) is 4.31. The molecule has 0 unspecified atom stereocenters. The lowest BCUT2D eigenvalue weighted by Crippen LogP contribution is -2.10. The number of anilines is 6. The second kappa shape index (κ2) is 14.0. The molecule has 0 saturated heterocycles. The van der Waals surface area contributed by atoms with Crippen LogP contribution in [0.15, 0.2) is 182 Å². The van der Waals surface area contributed by atoms with Crippen molar-refractivity contribution < 1.29 is 0 Å². The fourth-order valence-corrected chi connectivity index (χ4v) is 8.13. The van der Waals surface area contributed by atoms with E-state index in [1.807, 2.05) is 22.7 Å². The molecule has 8 aromatic rings. The molecule has 2 aromatic heterocycles. The second-order valence-corrected chi connectivity index (χ2v) is 14.9. The van der Waals surface area contributed by atoms with Crippen LogP contribution < -0.4 is 9.80 Å². The predicted octanol–water partition coefficient (Wildman–Crippen LogP) is 14.4. The van der Waals surface area contributed by atoms with Gasteiger partial charge in [0.05, 0.1) is 0 Å². The van der Waals surface area contributed by atoms with Gasteiger partial charge in [0.2, 0.25) is 0 Å². The lowest BCUT2D eigenvalue weighted by molar-refractivity contribution is 1.28. The van der Waals surface area contributed by atoms with E-state index in [9.17, 15) is 0 Å². The molecule has 0 amide bonds. The van der Waals surface area contributed by atoms with Crippen LogP contribution in [0.25, 0.3) is 32.0 Å². The number of hydrogen-bond acceptors (Lipinski definition) is 4. The van der Waals surface area contributed by atoms with Crippen molar-refractivity contribution in [3.8, 4) is 32.0 Å². The summed E-state index contributed by atoms with van der Waals surface area (Å²) in [5, 5.41) is 0. The Kier molecular flexibility index (Phi) is 8.87. The van der Waals surface area contributed by atoms with Crippen molar-refractivity contribution in [3.05, 3.63) is 192 Å². The standard InChI is InChI=1S/C46H36N2S2/c1-33-13-31-45(49-33)37-19-27-43(28-20-37)47(39-9-5-3-6-10-39)41-23-15-35(16-24-41)36-17-25-42(26-18-36)48(40-11-7-4-8-12-40)44-29-21-38(22-30-44)46-32-14-34(2)50-46/h3-32H,1-2H3. The highest BCUT2D eigenvalue weighted by Gasteiger charge is 2.15. The molecule has 6 aromatic carbocycles. The van der Waals surface area contributed by atoms with Crippen molar-refractivity contribution in [1.82, 2.24) is 0 Å². The topological polar surface area (TPSA) is 6.48 Å². The van der Waals surface area contributed by atoms with Crippen molar-refractivity contribution in [2.75, 3.05) is 9.80 Å². The molecule has 0 atom stereocenters. The van der Waals surface area contributed by atoms with Gasteiger partial charge in [-0.3, -0.25) is 0 Å². The van der Waals surface area contributed by atoms with Crippen molar-refractivity contribution in [3.63, 3.8) is 0 Å². The normalized spacial score (nSPS) is 11.0. The van der Waals surface area contributed by atoms with E-state index >= 15 is 0 Å². The average Bonchev–Trinajstić information content (AvgIpc) is 3.82. The third-order valence-corrected chi connectivity index (χ3v) is 11.0. The Hall–Kier alpha value is -5.68. The first-order valence-electron chi connectivity index (χ1n) is 16.8. The number of rotatable bonds is 9. The monoisotopic (exact) mass is 680 g/mol. The van der Waals surface area contributed by atoms with Crippen LogP contribution in [0.1, 0.15) is 9.75 Å². The van der Waals surface area contributed by atoms with E-state index < -0.39 is 0 Å². The van der Waals surface area contributed by atoms with Gasteiger partial charge in [-0.15, -0.1) is 22.7 Å². The van der Waals surface area contributed by atoms with Gasteiger partial charge in [-0.25, -0.2) is 0 Å². The van der Waals surface area contributed by atoms with Gasteiger partial charge in [0, 0.05) is 53.6 Å². The minimum atomic E-state index is 1.12. The summed E-state index contributed by atoms with van der Waals surface area (Å²) in [5.74, 6) is 0. The number of hydrogen-bond donors (Lipinski definition) is 0. The van der Waals surface area contributed by atoms with Crippen molar-refractivity contribution >= 4 is 56.8 Å². The Morgan fingerprint density at radius 3 is 0.840 bits per heavy atom. The first-order chi connectivity index (χ1) is 24.6. The molecule has 0 aliphatic heterocycles. The summed E-state index contributed by atoms with van der Waals surface area (Å²) in [4.78, 5) is 9.88. The Bertz CT molecular complexity index is 2130. The van der Waals surface area contributed by atoms with E-state index in [4.69, 9.17) is 0 Å². The minimum absolute atomic E-state index is 1.12. The van der Waals surface area contributed by atoms with Gasteiger partial charge in [-0.05, 0) is 133 Å². The molecule has 2 nitrogen and oxygen atoms in total. The van der Waals surface area contributed by atoms with Gasteiger partial charge in [-0.1, -0.05) is 84.9 Å². The molecule has 0 aliphatic rings. The molecule has 0 aliphatic carbocycles. The van der Waals surface area contributed by atoms with E-state index in [2.05, 4.69) is 206 Å². The number of para-hydroxylation sites is 2. The Morgan fingerprint density at radius 1 is 0.280 bits per heavy atom. The second-order valence-electron chi connectivity index (χ2n) is 12.4. The van der Waals surface area contributed by atoms with Crippen LogP contribution in [0.4, 0.5) is 34.1 Å². The smallest absolute Gasteiger partial charge is 0.0462 e. The number of nitrogens with zero attached hydrogens (tertiary/aromatic N) is 2. The fraction of sp³-hybridized carbons (Fsp3) is 0.0435. The largest absolute Gasteiger partial charge is 0.311 e. The first-order valence-corrected chi connectivity index (χ1v) is 18.5. The van der Waals surface area contributed by atoms with Crippen molar-refractivity contribution in [1.29, 1.82) is 0 Å². The quantitative estimate of drug-likeness (QED) is 0.150. The van der Waals surface area contributed by atoms with E-state index in [-0.39, 0.29) is 0 Å². The zero-order chi connectivity index (χ0) is 33.9. The molecule has 0 saturated carbocycles. The van der Waals surface area contributed by atoms with Gasteiger partial charge in [-0.2, -0.15) is 0 Å². The summed E-state index contributed by atoms with van der Waals surface area (Å²) < 4.78 is 0. The molecule has 0 N–H and O–H groups in total. The van der Waals surface area contributed by atoms with Gasteiger partial charge in [0.1, 0.15) is 0 Å². The molecule has 50 heavy (non-hydrogen) atoms. The van der Waals surface area contributed by atoms with Crippen LogP contribution >= 0.6 is 22.7 Å². The van der Waals surface area contributed by atoms with Gasteiger partial charge < -0.3 is 9.80 Å². The van der Waals surface area contributed by atoms with Crippen molar-refractivity contribution in [2.24, 2.45) is 0 Å². The average molecular weight is 681 g/mol. The van der Waals surface area contributed by atoms with Crippen LogP contribution in [0.5, 0.6) is 0 Å². The summed E-state index contributed by atoms with van der Waals surface area (Å²) in [6, 6.07) is 65.5. The van der Waals surface area contributed by atoms with E-state index in [1.54, 1.807) is 0 Å². The molecule has 0 bridgehead atoms. The van der Waals surface area contributed by atoms with Gasteiger partial charge >= 0.3 is 0 Å². The van der Waals surface area contributed by atoms with Crippen LogP contribution in [-0.2, 0) is 0 Å². The van der Waals surface area contributed by atoms with Gasteiger partial charge in [0.15, 0.2) is 0 Å². The number of aryl methyl sites for hydroxylation is 2. The number of thiophene rings is 2. The molecule has 8 rings (SSSR count). The summed E-state index contributed by atoms with van der Waals surface area (Å²) >= 11 is 3.66. The van der Waals surface area contributed by atoms with E-state index in [0.717, 1.165) is 34.1 Å². The summed E-state index contributed by atoms with van der Waals surface area (Å²) in [5.41, 5.74) is 11.6. The van der Waals surface area contributed by atoms with E-state index in [1.165, 1.54) is 41.8 Å². The zero-order valence-corrected chi connectivity index (χ0v) is 29.7. The highest BCUT2D eigenvalue weighted by molar-refractivity contribution is 7.15. The Labute approximate surface area is 302 Å². The zero-order valence-electron chi connectivity index (χ0n) is 28.0. The molecule has 0 radical (unpaired) electrons. The third kappa shape index (κ3) is 6.64. The highest BCUT2D eigenvalue weighted by atomic mass is 32.1. The Balaban J connectivity index is 1.07. The van der Waals surface area contributed by atoms with Crippen LogP contribution in [0.2, 0.25) is 0 Å². The predicted molar refractivity (Wildman–Crippen MR) is 217 cm³/mol. The molecular weight excluding hydrogens is 645 g/mol. The Morgan fingerprint density at radius 2 is 0.560 bits per heavy atom. The molecule has 0 fully saturated rings. The number of benzene rings is 6. The summed E-state index contributed by atoms with van der Waals surface area (Å²) in [6.07, 6.45) is 0. The molecule has 242 valence electrons. The van der Waals surface area contributed by atoms with Gasteiger partial charge in [0.25, 0.3) is 0 Å². The third-order valence-electron chi connectivity index (χ3n) is 8.91. The molecule has 0 spiro atoms. The van der Waals surface area contributed by atoms with E-state index in [0.29, 0.717) is 0 Å². The highest BCUT2D eigenvalue weighted by Crippen LogP contribution is 2.39. The molecule has 4 heteroatoms. The molecular formula is C46H36N2S2. The lowest BCUT2D eigenvalue weighted by atomic mass is 10.0.